The lowest BCUT2D eigenvalue weighted by atomic mass is 9.79. The molecule has 0 nitrogen and oxygen atoms in total. The van der Waals surface area contributed by atoms with E-state index >= 15 is 0 Å². The molecular formula is C29H28P2. The van der Waals surface area contributed by atoms with Crippen LogP contribution in [0.3, 0.4) is 0 Å². The van der Waals surface area contributed by atoms with E-state index in [-0.39, 0.29) is 10.3 Å². The van der Waals surface area contributed by atoms with Gasteiger partial charge in [-0.15, -0.1) is 18.5 Å². The van der Waals surface area contributed by atoms with Crippen molar-refractivity contribution in [2.24, 2.45) is 11.8 Å². The predicted octanol–water partition coefficient (Wildman–Crippen LogP) is 7.26. The zero-order valence-electron chi connectivity index (χ0n) is 17.6. The largest absolute Gasteiger partial charge is 0.121 e. The van der Waals surface area contributed by atoms with E-state index < -0.39 is 0 Å². The Hall–Kier alpha value is -2.26. The maximum Gasteiger partial charge on any atom is 0.0375 e. The first-order chi connectivity index (χ1) is 15.1. The van der Waals surface area contributed by atoms with Gasteiger partial charge in [-0.3, -0.25) is 0 Å². The van der Waals surface area contributed by atoms with Crippen LogP contribution in [0.25, 0.3) is 0 Å². The van der Waals surface area contributed by atoms with Crippen molar-refractivity contribution in [2.45, 2.75) is 16.7 Å². The van der Waals surface area contributed by atoms with Crippen molar-refractivity contribution in [2.75, 3.05) is 0 Å². The van der Waals surface area contributed by atoms with Crippen LogP contribution >= 0.6 is 18.5 Å². The van der Waals surface area contributed by atoms with E-state index in [2.05, 4.69) is 140 Å². The van der Waals surface area contributed by atoms with Gasteiger partial charge in [-0.05, 0) is 40.5 Å². The maximum atomic E-state index is 3.27. The highest BCUT2D eigenvalue weighted by Gasteiger charge is 2.59. The minimum Gasteiger partial charge on any atom is -0.121 e. The van der Waals surface area contributed by atoms with Gasteiger partial charge in [0.2, 0.25) is 0 Å². The second kappa shape index (κ2) is 8.35. The Labute approximate surface area is 190 Å². The fourth-order valence-electron chi connectivity index (χ4n) is 5.25. The fraction of sp³-hybridized carbons (Fsp3) is 0.172. The lowest BCUT2D eigenvalue weighted by Crippen LogP contribution is -2.29. The van der Waals surface area contributed by atoms with E-state index in [0.717, 1.165) is 0 Å². The van der Waals surface area contributed by atoms with Gasteiger partial charge in [-0.25, -0.2) is 0 Å². The first-order valence-electron chi connectivity index (χ1n) is 10.9. The summed E-state index contributed by atoms with van der Waals surface area (Å²) in [6.45, 7) is 0. The van der Waals surface area contributed by atoms with Gasteiger partial charge in [0, 0.05) is 10.3 Å². The van der Waals surface area contributed by atoms with Crippen LogP contribution in [0.15, 0.2) is 121 Å². The first-order valence-corrected chi connectivity index (χ1v) is 12.1. The maximum absolute atomic E-state index is 3.27. The molecule has 4 aromatic carbocycles. The summed E-state index contributed by atoms with van der Waals surface area (Å²) in [5.41, 5.74) is 5.47. The van der Waals surface area contributed by atoms with E-state index in [1.807, 2.05) is 0 Å². The molecule has 5 rings (SSSR count). The highest BCUT2D eigenvalue weighted by atomic mass is 31.0. The van der Waals surface area contributed by atoms with E-state index in [1.54, 1.807) is 0 Å². The summed E-state index contributed by atoms with van der Waals surface area (Å²) in [4.78, 5) is 0. The average molecular weight is 438 g/mol. The molecule has 31 heavy (non-hydrogen) atoms. The van der Waals surface area contributed by atoms with Gasteiger partial charge in [0.15, 0.2) is 0 Å². The summed E-state index contributed by atoms with van der Waals surface area (Å²) >= 11 is 0. The number of benzene rings is 4. The van der Waals surface area contributed by atoms with Crippen LogP contribution in [0, 0.1) is 11.8 Å². The van der Waals surface area contributed by atoms with Gasteiger partial charge in [-0.1, -0.05) is 121 Å². The van der Waals surface area contributed by atoms with E-state index in [0.29, 0.717) is 11.8 Å². The minimum atomic E-state index is -0.113. The SMILES string of the molecule is PC(c1ccccc1)(c1ccccc1)C1CC1C(P)(c1ccccc1)c1ccccc1. The molecule has 154 valence electrons. The standard InChI is InChI=1S/C29H28P2/c30-28(22-13-5-1-6-14-22,23-15-7-2-8-16-23)26-21-27(26)29(31,24-17-9-3-10-18-24)25-19-11-4-12-20-25/h1-20,26-27H,21,30-31H2. The second-order valence-corrected chi connectivity index (χ2v) is 10.5. The van der Waals surface area contributed by atoms with Crippen molar-refractivity contribution < 1.29 is 0 Å². The lowest BCUT2D eigenvalue weighted by molar-refractivity contribution is 0.519. The Kier molecular flexibility index (Phi) is 5.56. The molecule has 1 fully saturated rings. The summed E-state index contributed by atoms with van der Waals surface area (Å²) < 4.78 is 0. The van der Waals surface area contributed by atoms with Gasteiger partial charge in [0.1, 0.15) is 0 Å². The van der Waals surface area contributed by atoms with Crippen molar-refractivity contribution in [1.82, 2.24) is 0 Å². The molecule has 1 aliphatic rings. The molecule has 1 saturated carbocycles. The van der Waals surface area contributed by atoms with Crippen LogP contribution in [0.5, 0.6) is 0 Å². The predicted molar refractivity (Wildman–Crippen MR) is 138 cm³/mol. The van der Waals surface area contributed by atoms with E-state index in [1.165, 1.54) is 28.7 Å². The number of rotatable bonds is 6. The van der Waals surface area contributed by atoms with Crippen molar-refractivity contribution in [1.29, 1.82) is 0 Å². The summed E-state index contributed by atoms with van der Waals surface area (Å²) in [5.74, 6) is 1.03. The molecule has 2 heteroatoms. The molecule has 4 unspecified atom stereocenters. The molecular weight excluding hydrogens is 410 g/mol. The molecule has 0 aromatic heterocycles. The van der Waals surface area contributed by atoms with Crippen molar-refractivity contribution in [3.63, 3.8) is 0 Å². The molecule has 0 radical (unpaired) electrons. The zero-order valence-corrected chi connectivity index (χ0v) is 19.9. The first kappa shape index (κ1) is 20.6. The molecule has 4 atom stereocenters. The molecule has 0 bridgehead atoms. The van der Waals surface area contributed by atoms with Crippen LogP contribution < -0.4 is 0 Å². The number of hydrogen-bond donors (Lipinski definition) is 0. The second-order valence-electron chi connectivity index (χ2n) is 8.65. The van der Waals surface area contributed by atoms with E-state index in [9.17, 15) is 0 Å². The minimum absolute atomic E-state index is 0.113. The Balaban J connectivity index is 1.63. The van der Waals surface area contributed by atoms with Gasteiger partial charge >= 0.3 is 0 Å². The monoisotopic (exact) mass is 438 g/mol. The van der Waals surface area contributed by atoms with Crippen LogP contribution in [0.1, 0.15) is 28.7 Å². The van der Waals surface area contributed by atoms with Crippen molar-refractivity contribution in [3.8, 4) is 0 Å². The zero-order chi connectivity index (χ0) is 21.3. The number of hydrogen-bond acceptors (Lipinski definition) is 0. The van der Waals surface area contributed by atoms with Crippen LogP contribution in [-0.4, -0.2) is 0 Å². The highest BCUT2D eigenvalue weighted by Crippen LogP contribution is 2.67. The summed E-state index contributed by atoms with van der Waals surface area (Å²) in [5, 5.41) is -0.225. The van der Waals surface area contributed by atoms with E-state index in [4.69, 9.17) is 0 Å². The van der Waals surface area contributed by atoms with Crippen molar-refractivity contribution >= 4 is 18.5 Å². The molecule has 0 amide bonds. The topological polar surface area (TPSA) is 0 Å². The van der Waals surface area contributed by atoms with Gasteiger partial charge < -0.3 is 0 Å². The fourth-order valence-corrected chi connectivity index (χ4v) is 6.75. The van der Waals surface area contributed by atoms with Crippen LogP contribution in [0.4, 0.5) is 0 Å². The smallest absolute Gasteiger partial charge is 0.0375 e. The molecule has 0 heterocycles. The quantitative estimate of drug-likeness (QED) is 0.278. The molecule has 0 spiro atoms. The third kappa shape index (κ3) is 3.57. The molecule has 0 aliphatic heterocycles. The molecule has 1 aliphatic carbocycles. The Morgan fingerprint density at radius 2 is 0.645 bits per heavy atom. The normalized spacial score (nSPS) is 18.5. The van der Waals surface area contributed by atoms with Crippen molar-refractivity contribution in [3.05, 3.63) is 144 Å². The lowest BCUT2D eigenvalue weighted by Gasteiger charge is -2.37. The summed E-state index contributed by atoms with van der Waals surface area (Å²) in [6, 6.07) is 44.0. The third-order valence-electron chi connectivity index (χ3n) is 6.97. The summed E-state index contributed by atoms with van der Waals surface area (Å²) in [7, 11) is 6.54. The summed E-state index contributed by atoms with van der Waals surface area (Å²) in [6.07, 6.45) is 1.18. The average Bonchev–Trinajstić information content (AvgIpc) is 3.67. The molecule has 0 N–H and O–H groups in total. The third-order valence-corrected chi connectivity index (χ3v) is 9.16. The van der Waals surface area contributed by atoms with Crippen LogP contribution in [-0.2, 0) is 10.3 Å². The van der Waals surface area contributed by atoms with Crippen LogP contribution in [0.2, 0.25) is 0 Å². The molecule has 4 aromatic rings. The Morgan fingerprint density at radius 1 is 0.419 bits per heavy atom. The molecule has 0 saturated heterocycles. The Bertz CT molecular complexity index is 953. The van der Waals surface area contributed by atoms with Gasteiger partial charge in [-0.2, -0.15) is 0 Å². The Morgan fingerprint density at radius 3 is 0.871 bits per heavy atom. The van der Waals surface area contributed by atoms with Gasteiger partial charge in [0.05, 0.1) is 0 Å². The highest BCUT2D eigenvalue weighted by molar-refractivity contribution is 7.19. The van der Waals surface area contributed by atoms with Gasteiger partial charge in [0.25, 0.3) is 0 Å².